The molecule has 19 heavy (non-hydrogen) atoms. The average Bonchev–Trinajstić information content (AvgIpc) is 2.37. The Morgan fingerprint density at radius 2 is 2.21 bits per heavy atom. The van der Waals surface area contributed by atoms with Crippen LogP contribution in [0.1, 0.15) is 20.3 Å². The molecule has 1 aromatic carbocycles. The molecule has 0 heterocycles. The van der Waals surface area contributed by atoms with Crippen molar-refractivity contribution >= 4 is 11.5 Å². The molecule has 0 atom stereocenters. The highest BCUT2D eigenvalue weighted by atomic mass is 19.1. The van der Waals surface area contributed by atoms with Gasteiger partial charge >= 0.3 is 0 Å². The van der Waals surface area contributed by atoms with E-state index in [1.807, 2.05) is 13.8 Å². The van der Waals surface area contributed by atoms with E-state index in [1.54, 1.807) is 12.1 Å². The van der Waals surface area contributed by atoms with Crippen LogP contribution in [0, 0.1) is 11.2 Å². The van der Waals surface area contributed by atoms with Crippen molar-refractivity contribution in [2.45, 2.75) is 20.3 Å². The highest BCUT2D eigenvalue weighted by Crippen LogP contribution is 2.23. The number of nitrogens with one attached hydrogen (secondary N) is 1. The van der Waals surface area contributed by atoms with E-state index in [1.165, 1.54) is 13.2 Å². The van der Waals surface area contributed by atoms with Crippen LogP contribution in [0.2, 0.25) is 0 Å². The van der Waals surface area contributed by atoms with Gasteiger partial charge in [0.1, 0.15) is 5.84 Å². The van der Waals surface area contributed by atoms with Gasteiger partial charge in [0.2, 0.25) is 0 Å². The van der Waals surface area contributed by atoms with Gasteiger partial charge in [-0.25, -0.2) is 4.39 Å². The summed E-state index contributed by atoms with van der Waals surface area (Å²) < 4.78 is 18.3. The summed E-state index contributed by atoms with van der Waals surface area (Å²) in [5.74, 6) is -0.0269. The van der Waals surface area contributed by atoms with Crippen LogP contribution < -0.4 is 15.8 Å². The molecule has 0 spiro atoms. The summed E-state index contributed by atoms with van der Waals surface area (Å²) >= 11 is 0. The molecule has 0 radical (unpaired) electrons. The SMILES string of the molecule is COc1ccc(NCCC(C)(C)C(N)=NO)cc1F. The molecule has 0 fully saturated rings. The zero-order valence-electron chi connectivity index (χ0n) is 11.4. The Kier molecular flexibility index (Phi) is 4.97. The van der Waals surface area contributed by atoms with Crippen LogP contribution in [-0.2, 0) is 0 Å². The monoisotopic (exact) mass is 269 g/mol. The summed E-state index contributed by atoms with van der Waals surface area (Å²) in [4.78, 5) is 0. The summed E-state index contributed by atoms with van der Waals surface area (Å²) in [7, 11) is 1.42. The second-order valence-corrected chi connectivity index (χ2v) is 4.90. The van der Waals surface area contributed by atoms with Gasteiger partial charge in [0.15, 0.2) is 11.6 Å². The Balaban J connectivity index is 2.56. The molecule has 0 amide bonds. The number of anilines is 1. The first-order chi connectivity index (χ1) is 8.90. The first-order valence-electron chi connectivity index (χ1n) is 5.96. The van der Waals surface area contributed by atoms with Gasteiger partial charge in [-0.05, 0) is 18.6 Å². The lowest BCUT2D eigenvalue weighted by Crippen LogP contribution is -2.33. The van der Waals surface area contributed by atoms with Gasteiger partial charge in [0, 0.05) is 23.7 Å². The maximum atomic E-state index is 13.5. The summed E-state index contributed by atoms with van der Waals surface area (Å²) in [6.45, 7) is 4.33. The number of hydrogen-bond donors (Lipinski definition) is 3. The summed E-state index contributed by atoms with van der Waals surface area (Å²) in [5.41, 5.74) is 5.82. The van der Waals surface area contributed by atoms with Crippen molar-refractivity contribution in [3.05, 3.63) is 24.0 Å². The molecule has 6 heteroatoms. The predicted molar refractivity (Wildman–Crippen MR) is 73.2 cm³/mol. The second-order valence-electron chi connectivity index (χ2n) is 4.90. The number of ether oxygens (including phenoxy) is 1. The molecule has 0 saturated carbocycles. The minimum absolute atomic E-state index is 0.176. The van der Waals surface area contributed by atoms with E-state index < -0.39 is 11.2 Å². The van der Waals surface area contributed by atoms with E-state index in [4.69, 9.17) is 15.7 Å². The minimum Gasteiger partial charge on any atom is -0.494 e. The van der Waals surface area contributed by atoms with Crippen LogP contribution in [0.25, 0.3) is 0 Å². The Morgan fingerprint density at radius 1 is 1.53 bits per heavy atom. The molecular formula is C13H20FN3O2. The molecule has 0 unspecified atom stereocenters. The van der Waals surface area contributed by atoms with Gasteiger partial charge in [-0.1, -0.05) is 19.0 Å². The van der Waals surface area contributed by atoms with E-state index in [-0.39, 0.29) is 11.6 Å². The third-order valence-corrected chi connectivity index (χ3v) is 3.03. The normalized spacial score (nSPS) is 12.3. The van der Waals surface area contributed by atoms with E-state index in [2.05, 4.69) is 10.5 Å². The molecule has 0 aliphatic carbocycles. The van der Waals surface area contributed by atoms with Crippen LogP contribution in [0.3, 0.4) is 0 Å². The molecule has 1 rings (SSSR count). The lowest BCUT2D eigenvalue weighted by Gasteiger charge is -2.23. The molecule has 0 aliphatic rings. The molecule has 4 N–H and O–H groups in total. The van der Waals surface area contributed by atoms with Crippen LogP contribution in [0.5, 0.6) is 5.75 Å². The Hall–Kier alpha value is -1.98. The van der Waals surface area contributed by atoms with Gasteiger partial charge in [0.25, 0.3) is 0 Å². The number of hydrogen-bond acceptors (Lipinski definition) is 4. The number of methoxy groups -OCH3 is 1. The maximum Gasteiger partial charge on any atom is 0.167 e. The van der Waals surface area contributed by atoms with Crippen molar-refractivity contribution in [2.24, 2.45) is 16.3 Å². The average molecular weight is 269 g/mol. The Morgan fingerprint density at radius 3 is 2.74 bits per heavy atom. The number of benzene rings is 1. The number of amidine groups is 1. The molecule has 0 aliphatic heterocycles. The Bertz CT molecular complexity index is 461. The van der Waals surface area contributed by atoms with Crippen LogP contribution in [0.15, 0.2) is 23.4 Å². The van der Waals surface area contributed by atoms with E-state index in [9.17, 15) is 4.39 Å². The molecule has 1 aromatic rings. The maximum absolute atomic E-state index is 13.5. The zero-order chi connectivity index (χ0) is 14.5. The lowest BCUT2D eigenvalue weighted by molar-refractivity contribution is 0.306. The summed E-state index contributed by atoms with van der Waals surface area (Å²) in [6, 6.07) is 4.67. The van der Waals surface area contributed by atoms with Crippen LogP contribution in [-0.4, -0.2) is 24.7 Å². The van der Waals surface area contributed by atoms with Crippen molar-refractivity contribution in [1.82, 2.24) is 0 Å². The Labute approximate surface area is 112 Å². The molecule has 5 nitrogen and oxygen atoms in total. The highest BCUT2D eigenvalue weighted by Gasteiger charge is 2.22. The van der Waals surface area contributed by atoms with Crippen molar-refractivity contribution in [1.29, 1.82) is 0 Å². The van der Waals surface area contributed by atoms with Crippen molar-refractivity contribution in [3.63, 3.8) is 0 Å². The second kappa shape index (κ2) is 6.26. The zero-order valence-corrected chi connectivity index (χ0v) is 11.4. The predicted octanol–water partition coefficient (Wildman–Crippen LogP) is 2.41. The van der Waals surface area contributed by atoms with Crippen LogP contribution >= 0.6 is 0 Å². The van der Waals surface area contributed by atoms with Crippen molar-refractivity contribution < 1.29 is 14.3 Å². The fourth-order valence-electron chi connectivity index (χ4n) is 1.56. The van der Waals surface area contributed by atoms with Gasteiger partial charge in [-0.15, -0.1) is 0 Å². The van der Waals surface area contributed by atoms with Gasteiger partial charge in [-0.2, -0.15) is 0 Å². The molecular weight excluding hydrogens is 249 g/mol. The quantitative estimate of drug-likeness (QED) is 0.321. The van der Waals surface area contributed by atoms with Crippen molar-refractivity contribution in [3.8, 4) is 5.75 Å². The smallest absolute Gasteiger partial charge is 0.167 e. The molecule has 106 valence electrons. The molecule has 0 aromatic heterocycles. The molecule has 0 saturated heterocycles. The van der Waals surface area contributed by atoms with E-state index >= 15 is 0 Å². The number of rotatable bonds is 6. The largest absolute Gasteiger partial charge is 0.494 e. The third-order valence-electron chi connectivity index (χ3n) is 3.03. The van der Waals surface area contributed by atoms with Crippen molar-refractivity contribution in [2.75, 3.05) is 19.0 Å². The highest BCUT2D eigenvalue weighted by molar-refractivity contribution is 5.85. The van der Waals surface area contributed by atoms with Gasteiger partial charge in [0.05, 0.1) is 7.11 Å². The topological polar surface area (TPSA) is 79.9 Å². The molecule has 0 bridgehead atoms. The van der Waals surface area contributed by atoms with Crippen LogP contribution in [0.4, 0.5) is 10.1 Å². The van der Waals surface area contributed by atoms with Gasteiger partial charge < -0.3 is 21.0 Å². The fourth-order valence-corrected chi connectivity index (χ4v) is 1.56. The number of oxime groups is 1. The van der Waals surface area contributed by atoms with E-state index in [0.29, 0.717) is 18.7 Å². The summed E-state index contributed by atoms with van der Waals surface area (Å²) in [5, 5.41) is 14.8. The number of halogens is 1. The number of nitrogens with two attached hydrogens (primary N) is 1. The summed E-state index contributed by atoms with van der Waals surface area (Å²) in [6.07, 6.45) is 0.649. The third kappa shape index (κ3) is 4.01. The first-order valence-corrected chi connectivity index (χ1v) is 5.96. The minimum atomic E-state index is -0.424. The fraction of sp³-hybridized carbons (Fsp3) is 0.462. The standard InChI is InChI=1S/C13H20FN3O2/c1-13(2,12(15)17-18)6-7-16-9-4-5-11(19-3)10(14)8-9/h4-5,8,16,18H,6-7H2,1-3H3,(H2,15,17). The first kappa shape index (κ1) is 15.1. The van der Waals surface area contributed by atoms with Gasteiger partial charge in [-0.3, -0.25) is 0 Å². The van der Waals surface area contributed by atoms with E-state index in [0.717, 1.165) is 0 Å². The lowest BCUT2D eigenvalue weighted by atomic mass is 9.88. The number of nitrogens with zero attached hydrogens (tertiary/aromatic N) is 1.